The predicted octanol–water partition coefficient (Wildman–Crippen LogP) is 2.57. The highest BCUT2D eigenvalue weighted by Gasteiger charge is 2.41. The Hall–Kier alpha value is -1.15. The van der Waals surface area contributed by atoms with E-state index >= 15 is 0 Å². The van der Waals surface area contributed by atoms with E-state index in [2.05, 4.69) is 5.32 Å². The van der Waals surface area contributed by atoms with E-state index in [1.165, 1.54) is 4.31 Å². The molecule has 1 amide bonds. The van der Waals surface area contributed by atoms with Gasteiger partial charge >= 0.3 is 0 Å². The minimum atomic E-state index is -3.71. The highest BCUT2D eigenvalue weighted by Crippen LogP contribution is 2.31. The number of halogens is 1. The van der Waals surface area contributed by atoms with E-state index in [0.717, 1.165) is 42.4 Å². The van der Waals surface area contributed by atoms with Crippen molar-refractivity contribution in [3.8, 4) is 0 Å². The summed E-state index contributed by atoms with van der Waals surface area (Å²) in [7, 11) is -3.71. The van der Waals surface area contributed by atoms with Gasteiger partial charge in [-0.3, -0.25) is 4.79 Å². The predicted molar refractivity (Wildman–Crippen MR) is 113 cm³/mol. The van der Waals surface area contributed by atoms with E-state index in [1.54, 1.807) is 0 Å². The first-order chi connectivity index (χ1) is 12.7. The molecule has 0 radical (unpaired) electrons. The smallest absolute Gasteiger partial charge is 0.244 e. The topological polar surface area (TPSA) is 92.5 Å². The summed E-state index contributed by atoms with van der Waals surface area (Å²) < 4.78 is 28.1. The Bertz CT molecular complexity index is 797. The summed E-state index contributed by atoms with van der Waals surface area (Å²) in [5.41, 5.74) is 8.44. The molecule has 3 N–H and O–H groups in total. The molecule has 1 aliphatic heterocycles. The number of nitrogens with zero attached hydrogens (tertiary/aromatic N) is 1. The van der Waals surface area contributed by atoms with Crippen molar-refractivity contribution in [3.63, 3.8) is 0 Å². The van der Waals surface area contributed by atoms with Crippen LogP contribution in [0.25, 0.3) is 0 Å². The van der Waals surface area contributed by atoms with Gasteiger partial charge in [0.15, 0.2) is 0 Å². The maximum atomic E-state index is 13.4. The van der Waals surface area contributed by atoms with Crippen LogP contribution in [0.2, 0.25) is 0 Å². The number of hydrogen-bond acceptors (Lipinski definition) is 4. The molecule has 1 aromatic rings. The first-order valence-electron chi connectivity index (χ1n) is 9.86. The van der Waals surface area contributed by atoms with E-state index in [-0.39, 0.29) is 30.4 Å². The number of nitrogens with one attached hydrogen (secondary N) is 1. The lowest BCUT2D eigenvalue weighted by Crippen LogP contribution is -2.50. The monoisotopic (exact) mass is 429 g/mol. The maximum Gasteiger partial charge on any atom is 0.244 e. The molecule has 1 saturated heterocycles. The van der Waals surface area contributed by atoms with Gasteiger partial charge in [-0.15, -0.1) is 12.4 Å². The van der Waals surface area contributed by atoms with Crippen LogP contribution < -0.4 is 11.1 Å². The number of nitrogens with two attached hydrogens (primary N) is 1. The zero-order chi connectivity index (χ0) is 19.8. The second kappa shape index (κ2) is 9.11. The average Bonchev–Trinajstić information content (AvgIpc) is 3.06. The molecule has 0 aromatic heterocycles. The molecular weight excluding hydrogens is 398 g/mol. The number of rotatable bonds is 4. The van der Waals surface area contributed by atoms with Crippen LogP contribution in [0.4, 0.5) is 0 Å². The van der Waals surface area contributed by atoms with Gasteiger partial charge < -0.3 is 11.1 Å². The second-order valence-electron chi connectivity index (χ2n) is 8.12. The van der Waals surface area contributed by atoms with Crippen molar-refractivity contribution in [2.75, 3.05) is 6.54 Å². The Labute approximate surface area is 174 Å². The van der Waals surface area contributed by atoms with Gasteiger partial charge in [-0.05, 0) is 70.4 Å². The lowest BCUT2D eigenvalue weighted by molar-refractivity contribution is -0.125. The van der Waals surface area contributed by atoms with Gasteiger partial charge in [-0.2, -0.15) is 4.31 Å². The Morgan fingerprint density at radius 3 is 2.21 bits per heavy atom. The maximum absolute atomic E-state index is 13.4. The van der Waals surface area contributed by atoms with Crippen LogP contribution in [0.1, 0.15) is 55.2 Å². The molecule has 2 aliphatic rings. The molecular formula is C20H32ClN3O3S. The fourth-order valence-electron chi connectivity index (χ4n) is 4.54. The number of amides is 1. The highest BCUT2D eigenvalue weighted by molar-refractivity contribution is 7.89. The summed E-state index contributed by atoms with van der Waals surface area (Å²) in [6, 6.07) is 3.47. The first kappa shape index (κ1) is 23.1. The Morgan fingerprint density at radius 1 is 1.07 bits per heavy atom. The summed E-state index contributed by atoms with van der Waals surface area (Å²) in [5.74, 6) is -0.168. The summed E-state index contributed by atoms with van der Waals surface area (Å²) in [4.78, 5) is 13.2. The van der Waals surface area contributed by atoms with Crippen molar-refractivity contribution in [1.29, 1.82) is 0 Å². The molecule has 2 fully saturated rings. The molecule has 0 spiro atoms. The molecule has 1 heterocycles. The Morgan fingerprint density at radius 2 is 1.64 bits per heavy atom. The fourth-order valence-corrected chi connectivity index (χ4v) is 6.61. The molecule has 0 bridgehead atoms. The van der Waals surface area contributed by atoms with Crippen LogP contribution in [-0.2, 0) is 14.8 Å². The Kier molecular flexibility index (Phi) is 7.53. The molecule has 8 heteroatoms. The zero-order valence-electron chi connectivity index (χ0n) is 16.9. The third-order valence-electron chi connectivity index (χ3n) is 5.80. The third-order valence-corrected chi connectivity index (χ3v) is 8.01. The van der Waals surface area contributed by atoms with Gasteiger partial charge in [0.05, 0.1) is 4.90 Å². The standard InChI is InChI=1S/C20H31N3O3S.ClH/c1-13-11-14(2)19(15(3)12-13)27(25,26)23-10-4-5-18(23)20(24)22-17-8-6-16(21)7-9-17;/h11-12,16-18H,4-10,21H2,1-3H3,(H,22,24);1H. The van der Waals surface area contributed by atoms with Crippen LogP contribution in [0.3, 0.4) is 0 Å². The fraction of sp³-hybridized carbons (Fsp3) is 0.650. The van der Waals surface area contributed by atoms with Crippen LogP contribution in [0.5, 0.6) is 0 Å². The van der Waals surface area contributed by atoms with E-state index in [4.69, 9.17) is 5.73 Å². The molecule has 1 aromatic carbocycles. The molecule has 6 nitrogen and oxygen atoms in total. The minimum absolute atomic E-state index is 0. The van der Waals surface area contributed by atoms with Crippen LogP contribution in [0.15, 0.2) is 17.0 Å². The number of benzene rings is 1. The van der Waals surface area contributed by atoms with Gasteiger partial charge in [0.25, 0.3) is 0 Å². The van der Waals surface area contributed by atoms with Crippen molar-refractivity contribution in [2.24, 2.45) is 5.73 Å². The van der Waals surface area contributed by atoms with Crippen molar-refractivity contribution >= 4 is 28.3 Å². The number of sulfonamides is 1. The molecule has 158 valence electrons. The molecule has 28 heavy (non-hydrogen) atoms. The van der Waals surface area contributed by atoms with Crippen molar-refractivity contribution < 1.29 is 13.2 Å². The van der Waals surface area contributed by atoms with Gasteiger partial charge in [0.1, 0.15) is 6.04 Å². The van der Waals surface area contributed by atoms with E-state index in [0.29, 0.717) is 24.3 Å². The summed E-state index contributed by atoms with van der Waals surface area (Å²) >= 11 is 0. The van der Waals surface area contributed by atoms with Gasteiger partial charge in [0, 0.05) is 18.6 Å². The lowest BCUT2D eigenvalue weighted by atomic mass is 9.91. The molecule has 1 aliphatic carbocycles. The van der Waals surface area contributed by atoms with Crippen LogP contribution in [-0.4, -0.2) is 43.3 Å². The summed E-state index contributed by atoms with van der Waals surface area (Å²) in [5, 5.41) is 3.07. The number of aryl methyl sites for hydroxylation is 3. The van der Waals surface area contributed by atoms with Gasteiger partial charge in [-0.1, -0.05) is 17.7 Å². The minimum Gasteiger partial charge on any atom is -0.352 e. The first-order valence-corrected chi connectivity index (χ1v) is 11.3. The normalized spacial score (nSPS) is 25.9. The van der Waals surface area contributed by atoms with Crippen molar-refractivity contribution in [1.82, 2.24) is 9.62 Å². The summed E-state index contributed by atoms with van der Waals surface area (Å²) in [6.07, 6.45) is 4.81. The quantitative estimate of drug-likeness (QED) is 0.769. The van der Waals surface area contributed by atoms with Crippen molar-refractivity contribution in [2.45, 2.75) is 82.3 Å². The van der Waals surface area contributed by atoms with E-state index < -0.39 is 16.1 Å². The SMILES string of the molecule is Cc1cc(C)c(S(=O)(=O)N2CCCC2C(=O)NC2CCC(N)CC2)c(C)c1.Cl. The molecule has 3 rings (SSSR count). The van der Waals surface area contributed by atoms with Crippen LogP contribution >= 0.6 is 12.4 Å². The molecule has 1 unspecified atom stereocenters. The second-order valence-corrected chi connectivity index (χ2v) is 9.95. The zero-order valence-corrected chi connectivity index (χ0v) is 18.5. The van der Waals surface area contributed by atoms with Crippen molar-refractivity contribution in [3.05, 3.63) is 28.8 Å². The average molecular weight is 430 g/mol. The number of hydrogen-bond donors (Lipinski definition) is 2. The van der Waals surface area contributed by atoms with E-state index in [1.807, 2.05) is 32.9 Å². The van der Waals surface area contributed by atoms with E-state index in [9.17, 15) is 13.2 Å². The Balaban J connectivity index is 0.00000280. The molecule has 1 atom stereocenters. The summed E-state index contributed by atoms with van der Waals surface area (Å²) in [6.45, 7) is 5.99. The molecule has 1 saturated carbocycles. The largest absolute Gasteiger partial charge is 0.352 e. The number of carbonyl (C=O) groups excluding carboxylic acids is 1. The highest BCUT2D eigenvalue weighted by atomic mass is 35.5. The lowest BCUT2D eigenvalue weighted by Gasteiger charge is -2.30. The van der Waals surface area contributed by atoms with Crippen LogP contribution in [0, 0.1) is 20.8 Å². The number of carbonyl (C=O) groups is 1. The van der Waals surface area contributed by atoms with Gasteiger partial charge in [0.2, 0.25) is 15.9 Å². The third kappa shape index (κ3) is 4.70. The van der Waals surface area contributed by atoms with Gasteiger partial charge in [-0.25, -0.2) is 8.42 Å².